The van der Waals surface area contributed by atoms with E-state index in [1.165, 1.54) is 0 Å². The van der Waals surface area contributed by atoms with Gasteiger partial charge in [0, 0.05) is 24.5 Å². The normalized spacial score (nSPS) is 15.8. The molecule has 0 fully saturated rings. The Morgan fingerprint density at radius 3 is 2.44 bits per heavy atom. The Balaban J connectivity index is 2.49. The quantitative estimate of drug-likeness (QED) is 0.811. The van der Waals surface area contributed by atoms with Crippen LogP contribution in [0.3, 0.4) is 0 Å². The van der Waals surface area contributed by atoms with Crippen molar-refractivity contribution in [3.05, 3.63) is 30.1 Å². The van der Waals surface area contributed by atoms with Gasteiger partial charge in [0.1, 0.15) is 0 Å². The number of hydrogen-bond acceptors (Lipinski definition) is 3. The largest absolute Gasteiger partial charge is 0.352 e. The van der Waals surface area contributed by atoms with Crippen LogP contribution in [-0.4, -0.2) is 23.0 Å². The lowest BCUT2D eigenvalue weighted by Crippen LogP contribution is -2.45. The molecule has 0 saturated heterocycles. The molecular weight excluding hydrogens is 226 g/mol. The Bertz CT molecular complexity index is 367. The van der Waals surface area contributed by atoms with Crippen LogP contribution in [0.5, 0.6) is 0 Å². The van der Waals surface area contributed by atoms with Gasteiger partial charge in [-0.15, -0.1) is 0 Å². The smallest absolute Gasteiger partial charge is 0.237 e. The first-order valence-corrected chi connectivity index (χ1v) is 6.51. The van der Waals surface area contributed by atoms with Gasteiger partial charge in [0.2, 0.25) is 5.91 Å². The molecule has 100 valence electrons. The Hall–Kier alpha value is -1.42. The molecule has 0 aliphatic rings. The number of rotatable bonds is 6. The van der Waals surface area contributed by atoms with Crippen LogP contribution in [0.25, 0.3) is 0 Å². The maximum Gasteiger partial charge on any atom is 0.237 e. The number of carbonyl (C=O) groups is 1. The van der Waals surface area contributed by atoms with Gasteiger partial charge in [-0.05, 0) is 44.9 Å². The lowest BCUT2D eigenvalue weighted by Gasteiger charge is -2.21. The zero-order valence-corrected chi connectivity index (χ0v) is 11.6. The molecule has 1 amide bonds. The molecule has 1 aromatic heterocycles. The van der Waals surface area contributed by atoms with Crippen LogP contribution in [0.4, 0.5) is 0 Å². The van der Waals surface area contributed by atoms with Crippen molar-refractivity contribution >= 4 is 5.91 Å². The van der Waals surface area contributed by atoms with Gasteiger partial charge in [0.15, 0.2) is 0 Å². The first-order valence-electron chi connectivity index (χ1n) is 6.51. The Kier molecular flexibility index (Phi) is 5.78. The van der Waals surface area contributed by atoms with E-state index < -0.39 is 0 Å². The third-order valence-electron chi connectivity index (χ3n) is 3.10. The first-order chi connectivity index (χ1) is 8.54. The molecule has 0 aliphatic carbocycles. The summed E-state index contributed by atoms with van der Waals surface area (Å²) in [5.41, 5.74) is 1.13. The van der Waals surface area contributed by atoms with Crippen LogP contribution < -0.4 is 10.6 Å². The van der Waals surface area contributed by atoms with Crippen molar-refractivity contribution in [2.75, 3.05) is 0 Å². The van der Waals surface area contributed by atoms with E-state index in [4.69, 9.17) is 0 Å². The van der Waals surface area contributed by atoms with E-state index in [0.717, 1.165) is 12.0 Å². The predicted octanol–water partition coefficient (Wildman–Crippen LogP) is 2.04. The summed E-state index contributed by atoms with van der Waals surface area (Å²) in [5.74, 6) is 0.0465. The van der Waals surface area contributed by atoms with Crippen molar-refractivity contribution in [3.63, 3.8) is 0 Å². The van der Waals surface area contributed by atoms with Crippen molar-refractivity contribution in [1.82, 2.24) is 15.6 Å². The van der Waals surface area contributed by atoms with Gasteiger partial charge in [-0.3, -0.25) is 15.1 Å². The minimum atomic E-state index is -0.206. The molecule has 4 heteroatoms. The molecule has 1 aromatic rings. The minimum Gasteiger partial charge on any atom is -0.352 e. The monoisotopic (exact) mass is 249 g/mol. The third-order valence-corrected chi connectivity index (χ3v) is 3.10. The molecule has 1 rings (SSSR count). The summed E-state index contributed by atoms with van der Waals surface area (Å²) in [6.07, 6.45) is 4.47. The van der Waals surface area contributed by atoms with Crippen LogP contribution in [0.1, 0.15) is 45.7 Å². The van der Waals surface area contributed by atoms with E-state index in [0.29, 0.717) is 0 Å². The Morgan fingerprint density at radius 2 is 1.89 bits per heavy atom. The second kappa shape index (κ2) is 7.11. The van der Waals surface area contributed by atoms with Crippen molar-refractivity contribution in [3.8, 4) is 0 Å². The molecule has 2 N–H and O–H groups in total. The van der Waals surface area contributed by atoms with Gasteiger partial charge in [-0.2, -0.15) is 0 Å². The standard InChI is InChI=1S/C14H23N3O/c1-5-10(2)16-14(18)12(4)17-11(3)13-6-8-15-9-7-13/h6-12,17H,5H2,1-4H3,(H,16,18)/t10?,11-,12?/m0/s1. The Morgan fingerprint density at radius 1 is 1.28 bits per heavy atom. The summed E-state index contributed by atoms with van der Waals surface area (Å²) < 4.78 is 0. The number of amides is 1. The lowest BCUT2D eigenvalue weighted by molar-refractivity contribution is -0.123. The number of nitrogens with zero attached hydrogens (tertiary/aromatic N) is 1. The zero-order valence-electron chi connectivity index (χ0n) is 11.6. The zero-order chi connectivity index (χ0) is 13.5. The SMILES string of the molecule is CCC(C)NC(=O)C(C)N[C@@H](C)c1ccncc1. The average Bonchev–Trinajstić information content (AvgIpc) is 2.39. The highest BCUT2D eigenvalue weighted by atomic mass is 16.2. The fraction of sp³-hybridized carbons (Fsp3) is 0.571. The molecule has 0 aromatic carbocycles. The molecule has 0 radical (unpaired) electrons. The fourth-order valence-corrected chi connectivity index (χ4v) is 1.67. The lowest BCUT2D eigenvalue weighted by atomic mass is 10.1. The van der Waals surface area contributed by atoms with Gasteiger partial charge in [0.25, 0.3) is 0 Å². The molecule has 18 heavy (non-hydrogen) atoms. The molecule has 0 spiro atoms. The molecule has 1 heterocycles. The van der Waals surface area contributed by atoms with E-state index in [1.54, 1.807) is 12.4 Å². The van der Waals surface area contributed by atoms with Crippen LogP contribution in [0.2, 0.25) is 0 Å². The molecule has 0 aliphatic heterocycles. The first kappa shape index (κ1) is 14.6. The number of nitrogens with one attached hydrogen (secondary N) is 2. The molecule has 2 unspecified atom stereocenters. The van der Waals surface area contributed by atoms with Crippen molar-refractivity contribution in [2.45, 2.75) is 52.2 Å². The number of carbonyl (C=O) groups excluding carboxylic acids is 1. The van der Waals surface area contributed by atoms with E-state index >= 15 is 0 Å². The highest BCUT2D eigenvalue weighted by molar-refractivity contribution is 5.81. The van der Waals surface area contributed by atoms with Crippen LogP contribution in [0, 0.1) is 0 Å². The number of aromatic nitrogens is 1. The summed E-state index contributed by atoms with van der Waals surface area (Å²) in [6, 6.07) is 4.05. The van der Waals surface area contributed by atoms with Crippen molar-refractivity contribution in [1.29, 1.82) is 0 Å². The van der Waals surface area contributed by atoms with Crippen LogP contribution in [0.15, 0.2) is 24.5 Å². The van der Waals surface area contributed by atoms with Gasteiger partial charge in [-0.1, -0.05) is 6.92 Å². The maximum absolute atomic E-state index is 11.9. The fourth-order valence-electron chi connectivity index (χ4n) is 1.67. The van der Waals surface area contributed by atoms with Gasteiger partial charge in [0.05, 0.1) is 6.04 Å². The summed E-state index contributed by atoms with van der Waals surface area (Å²) in [6.45, 7) is 8.00. The highest BCUT2D eigenvalue weighted by Gasteiger charge is 2.17. The highest BCUT2D eigenvalue weighted by Crippen LogP contribution is 2.11. The van der Waals surface area contributed by atoms with E-state index in [9.17, 15) is 4.79 Å². The molecule has 0 bridgehead atoms. The molecular formula is C14H23N3O. The number of pyridine rings is 1. The van der Waals surface area contributed by atoms with Crippen molar-refractivity contribution < 1.29 is 4.79 Å². The van der Waals surface area contributed by atoms with Crippen LogP contribution in [-0.2, 0) is 4.79 Å². The molecule has 4 nitrogen and oxygen atoms in total. The summed E-state index contributed by atoms with van der Waals surface area (Å²) in [5, 5.41) is 6.26. The van der Waals surface area contributed by atoms with Gasteiger partial charge >= 0.3 is 0 Å². The van der Waals surface area contributed by atoms with Crippen LogP contribution >= 0.6 is 0 Å². The van der Waals surface area contributed by atoms with Gasteiger partial charge < -0.3 is 5.32 Å². The second-order valence-corrected chi connectivity index (χ2v) is 4.71. The van der Waals surface area contributed by atoms with E-state index in [2.05, 4.69) is 22.5 Å². The minimum absolute atomic E-state index is 0.0465. The van der Waals surface area contributed by atoms with E-state index in [1.807, 2.05) is 32.9 Å². The van der Waals surface area contributed by atoms with Gasteiger partial charge in [-0.25, -0.2) is 0 Å². The molecule has 0 saturated carbocycles. The third kappa shape index (κ3) is 4.45. The topological polar surface area (TPSA) is 54.0 Å². The number of hydrogen-bond donors (Lipinski definition) is 2. The summed E-state index contributed by atoms with van der Waals surface area (Å²) in [4.78, 5) is 15.9. The maximum atomic E-state index is 11.9. The van der Waals surface area contributed by atoms with E-state index in [-0.39, 0.29) is 24.0 Å². The van der Waals surface area contributed by atoms with Crippen molar-refractivity contribution in [2.24, 2.45) is 0 Å². The summed E-state index contributed by atoms with van der Waals surface area (Å²) >= 11 is 0. The average molecular weight is 249 g/mol. The summed E-state index contributed by atoms with van der Waals surface area (Å²) in [7, 11) is 0. The molecule has 3 atom stereocenters. The Labute approximate surface area is 109 Å². The predicted molar refractivity (Wildman–Crippen MR) is 73.1 cm³/mol. The second-order valence-electron chi connectivity index (χ2n) is 4.71.